The van der Waals surface area contributed by atoms with Crippen LogP contribution in [0.5, 0.6) is 0 Å². The molecule has 2 aromatic heterocycles. The van der Waals surface area contributed by atoms with Gasteiger partial charge in [0.15, 0.2) is 10.2 Å². The minimum Gasteiger partial charge on any atom is -0.392 e. The second-order valence-electron chi connectivity index (χ2n) is 3.84. The van der Waals surface area contributed by atoms with Crippen molar-refractivity contribution < 1.29 is 13.5 Å². The van der Waals surface area contributed by atoms with E-state index >= 15 is 0 Å². The highest BCUT2D eigenvalue weighted by Gasteiger charge is 2.24. The van der Waals surface area contributed by atoms with Crippen molar-refractivity contribution in [2.45, 2.75) is 18.1 Å². The number of rotatable bonds is 4. The van der Waals surface area contributed by atoms with Crippen LogP contribution in [0.3, 0.4) is 0 Å². The van der Waals surface area contributed by atoms with E-state index < -0.39 is 16.1 Å². The monoisotopic (exact) mass is 289 g/mol. The van der Waals surface area contributed by atoms with Crippen molar-refractivity contribution in [2.75, 3.05) is 6.54 Å². The minimum absolute atomic E-state index is 0.0846. The van der Waals surface area contributed by atoms with Crippen molar-refractivity contribution in [2.24, 2.45) is 0 Å². The van der Waals surface area contributed by atoms with Crippen molar-refractivity contribution in [1.29, 1.82) is 0 Å². The lowest BCUT2D eigenvalue weighted by atomic mass is 10.4. The fourth-order valence-electron chi connectivity index (χ4n) is 1.48. The van der Waals surface area contributed by atoms with Gasteiger partial charge in [0.25, 0.3) is 10.0 Å². The van der Waals surface area contributed by atoms with Gasteiger partial charge in [-0.1, -0.05) is 17.7 Å². The Morgan fingerprint density at radius 1 is 1.56 bits per heavy atom. The Morgan fingerprint density at radius 3 is 2.94 bits per heavy atom. The van der Waals surface area contributed by atoms with Gasteiger partial charge in [-0.05, 0) is 19.1 Å². The molecule has 1 atom stereocenters. The summed E-state index contributed by atoms with van der Waals surface area (Å²) in [5.41, 5.74) is 0.444. The van der Waals surface area contributed by atoms with Gasteiger partial charge in [-0.15, -0.1) is 0 Å². The molecule has 18 heavy (non-hydrogen) atoms. The first-order valence-electron chi connectivity index (χ1n) is 5.22. The molecule has 0 fully saturated rings. The zero-order chi connectivity index (χ0) is 13.3. The van der Waals surface area contributed by atoms with Gasteiger partial charge in [0, 0.05) is 12.7 Å². The first-order valence-corrected chi connectivity index (χ1v) is 7.08. The third kappa shape index (κ3) is 2.49. The number of nitrogens with zero attached hydrogens (tertiary/aromatic N) is 2. The lowest BCUT2D eigenvalue weighted by Crippen LogP contribution is -2.31. The van der Waals surface area contributed by atoms with Crippen molar-refractivity contribution in [3.05, 3.63) is 29.5 Å². The highest BCUT2D eigenvalue weighted by Crippen LogP contribution is 2.22. The average molecular weight is 290 g/mol. The maximum absolute atomic E-state index is 12.1. The number of pyridine rings is 1. The number of fused-ring (bicyclic) bond motifs is 1. The van der Waals surface area contributed by atoms with Crippen LogP contribution < -0.4 is 4.72 Å². The predicted octanol–water partition coefficient (Wildman–Crippen LogP) is 0.647. The quantitative estimate of drug-likeness (QED) is 0.865. The summed E-state index contributed by atoms with van der Waals surface area (Å²) in [5.74, 6) is 0. The molecule has 2 N–H and O–H groups in total. The molecule has 0 aliphatic heterocycles. The Labute approximate surface area is 109 Å². The standard InChI is InChI=1S/C10H12ClN3O3S/c1-7(15)6-12-18(16,17)10-9(11)13-8-4-2-3-5-14(8)10/h2-5,7,12,15H,6H2,1H3. The van der Waals surface area contributed by atoms with Gasteiger partial charge in [-0.3, -0.25) is 4.40 Å². The van der Waals surface area contributed by atoms with E-state index in [0.29, 0.717) is 5.65 Å². The summed E-state index contributed by atoms with van der Waals surface area (Å²) >= 11 is 5.85. The Morgan fingerprint density at radius 2 is 2.28 bits per heavy atom. The van der Waals surface area contributed by atoms with Gasteiger partial charge in [0.05, 0.1) is 6.10 Å². The van der Waals surface area contributed by atoms with Gasteiger partial charge in [-0.2, -0.15) is 0 Å². The smallest absolute Gasteiger partial charge is 0.259 e. The van der Waals surface area contributed by atoms with Crippen LogP contribution in [0.25, 0.3) is 5.65 Å². The molecule has 6 nitrogen and oxygen atoms in total. The molecular weight excluding hydrogens is 278 g/mol. The molecule has 2 rings (SSSR count). The molecule has 0 aromatic carbocycles. The number of halogens is 1. The van der Waals surface area contributed by atoms with Crippen LogP contribution >= 0.6 is 11.6 Å². The number of hydrogen-bond donors (Lipinski definition) is 2. The van der Waals surface area contributed by atoms with Crippen LogP contribution in [0.15, 0.2) is 29.4 Å². The van der Waals surface area contributed by atoms with E-state index in [2.05, 4.69) is 9.71 Å². The summed E-state index contributed by atoms with van der Waals surface area (Å²) in [6.07, 6.45) is 0.781. The van der Waals surface area contributed by atoms with Crippen molar-refractivity contribution in [3.63, 3.8) is 0 Å². The third-order valence-electron chi connectivity index (χ3n) is 2.27. The highest BCUT2D eigenvalue weighted by atomic mass is 35.5. The molecule has 0 saturated heterocycles. The van der Waals surface area contributed by atoms with E-state index in [4.69, 9.17) is 16.7 Å². The lowest BCUT2D eigenvalue weighted by Gasteiger charge is -2.08. The molecule has 8 heteroatoms. The summed E-state index contributed by atoms with van der Waals surface area (Å²) in [6.45, 7) is 1.40. The normalized spacial score (nSPS) is 13.9. The number of hydrogen-bond acceptors (Lipinski definition) is 4. The Hall–Kier alpha value is -1.15. The second kappa shape index (κ2) is 4.85. The zero-order valence-corrected chi connectivity index (χ0v) is 11.1. The first kappa shape index (κ1) is 13.3. The van der Waals surface area contributed by atoms with Crippen LogP contribution in [0, 0.1) is 0 Å². The zero-order valence-electron chi connectivity index (χ0n) is 9.54. The number of imidazole rings is 1. The molecule has 0 amide bonds. The molecule has 2 aromatic rings. The summed E-state index contributed by atoms with van der Waals surface area (Å²) in [6, 6.07) is 5.07. The summed E-state index contributed by atoms with van der Waals surface area (Å²) in [4.78, 5) is 3.95. The maximum Gasteiger partial charge on any atom is 0.259 e. The van der Waals surface area contributed by atoms with Crippen molar-refractivity contribution >= 4 is 27.3 Å². The van der Waals surface area contributed by atoms with Crippen LogP contribution in [-0.2, 0) is 10.0 Å². The summed E-state index contributed by atoms with van der Waals surface area (Å²) in [5, 5.41) is 8.89. The Bertz CT molecular complexity index is 666. The molecular formula is C10H12ClN3O3S. The molecule has 0 bridgehead atoms. The van der Waals surface area contributed by atoms with E-state index in [1.807, 2.05) is 0 Å². The van der Waals surface area contributed by atoms with Gasteiger partial charge in [0.2, 0.25) is 0 Å². The lowest BCUT2D eigenvalue weighted by molar-refractivity contribution is 0.198. The minimum atomic E-state index is -3.81. The SMILES string of the molecule is CC(O)CNS(=O)(=O)c1c(Cl)nc2ccccn12. The third-order valence-corrected chi connectivity index (χ3v) is 4.09. The van der Waals surface area contributed by atoms with Crippen LogP contribution in [-0.4, -0.2) is 35.6 Å². The van der Waals surface area contributed by atoms with Crippen LogP contribution in [0.2, 0.25) is 5.15 Å². The number of nitrogens with one attached hydrogen (secondary N) is 1. The maximum atomic E-state index is 12.1. The second-order valence-corrected chi connectivity index (χ2v) is 5.88. The Kier molecular flexibility index (Phi) is 3.58. The molecule has 98 valence electrons. The number of aromatic nitrogens is 2. The average Bonchev–Trinajstić information content (AvgIpc) is 2.63. The summed E-state index contributed by atoms with van der Waals surface area (Å²) < 4.78 is 27.8. The molecule has 0 radical (unpaired) electrons. The van der Waals surface area contributed by atoms with Gasteiger partial charge in [-0.25, -0.2) is 18.1 Å². The van der Waals surface area contributed by atoms with E-state index in [9.17, 15) is 8.42 Å². The fraction of sp³-hybridized carbons (Fsp3) is 0.300. The molecule has 1 unspecified atom stereocenters. The van der Waals surface area contributed by atoms with Crippen molar-refractivity contribution in [3.8, 4) is 0 Å². The van der Waals surface area contributed by atoms with E-state index in [1.165, 1.54) is 11.3 Å². The van der Waals surface area contributed by atoms with E-state index in [-0.39, 0.29) is 16.7 Å². The van der Waals surface area contributed by atoms with E-state index in [0.717, 1.165) is 0 Å². The first-order chi connectivity index (χ1) is 8.42. The predicted molar refractivity (Wildman–Crippen MR) is 67.1 cm³/mol. The van der Waals surface area contributed by atoms with Crippen LogP contribution in [0.4, 0.5) is 0 Å². The molecule has 0 spiro atoms. The number of sulfonamides is 1. The largest absolute Gasteiger partial charge is 0.392 e. The molecule has 0 aliphatic carbocycles. The topological polar surface area (TPSA) is 83.7 Å². The molecule has 2 heterocycles. The fourth-order valence-corrected chi connectivity index (χ4v) is 3.24. The number of aliphatic hydroxyl groups excluding tert-OH is 1. The number of aliphatic hydroxyl groups is 1. The van der Waals surface area contributed by atoms with Crippen molar-refractivity contribution in [1.82, 2.24) is 14.1 Å². The van der Waals surface area contributed by atoms with E-state index in [1.54, 1.807) is 24.4 Å². The molecule has 0 saturated carbocycles. The molecule has 0 aliphatic rings. The summed E-state index contributed by atoms with van der Waals surface area (Å²) in [7, 11) is -3.81. The van der Waals surface area contributed by atoms with Gasteiger partial charge in [0.1, 0.15) is 5.65 Å². The van der Waals surface area contributed by atoms with Gasteiger partial charge < -0.3 is 5.11 Å². The Balaban J connectivity index is 2.50. The van der Waals surface area contributed by atoms with Crippen LogP contribution in [0.1, 0.15) is 6.92 Å². The van der Waals surface area contributed by atoms with Gasteiger partial charge >= 0.3 is 0 Å². The highest BCUT2D eigenvalue weighted by molar-refractivity contribution is 7.89.